The van der Waals surface area contributed by atoms with Gasteiger partial charge in [0.15, 0.2) is 0 Å². The minimum Gasteiger partial charge on any atom is -0.383 e. The summed E-state index contributed by atoms with van der Waals surface area (Å²) in [5.74, 6) is 0. The lowest BCUT2D eigenvalue weighted by Crippen LogP contribution is -2.14. The lowest BCUT2D eigenvalue weighted by atomic mass is 10.2. The highest BCUT2D eigenvalue weighted by Gasteiger charge is 2.05. The number of ether oxygens (including phenoxy) is 2. The Morgan fingerprint density at radius 3 is 2.78 bits per heavy atom. The van der Waals surface area contributed by atoms with Gasteiger partial charge in [-0.2, -0.15) is 0 Å². The second-order valence-electron chi connectivity index (χ2n) is 5.23. The van der Waals surface area contributed by atoms with Crippen LogP contribution in [0.3, 0.4) is 0 Å². The van der Waals surface area contributed by atoms with Gasteiger partial charge in [-0.3, -0.25) is 0 Å². The zero-order valence-corrected chi connectivity index (χ0v) is 13.0. The molecule has 0 saturated carbocycles. The number of rotatable bonds is 9. The number of anilines is 1. The topological polar surface area (TPSA) is 85.2 Å². The fraction of sp³-hybridized carbons (Fsp3) is 0.353. The first-order chi connectivity index (χ1) is 11.4. The van der Waals surface area contributed by atoms with Gasteiger partial charge in [-0.25, -0.2) is 4.98 Å². The van der Waals surface area contributed by atoms with Crippen LogP contribution in [0, 0.1) is 0 Å². The Balaban J connectivity index is 1.51. The summed E-state index contributed by atoms with van der Waals surface area (Å²) in [5.41, 5.74) is 8.43. The second-order valence-corrected chi connectivity index (χ2v) is 5.23. The molecule has 0 aliphatic carbocycles. The summed E-state index contributed by atoms with van der Waals surface area (Å²) in [6.07, 6.45) is 1.80. The van der Waals surface area contributed by atoms with Gasteiger partial charge in [0.05, 0.1) is 26.4 Å². The van der Waals surface area contributed by atoms with Crippen LogP contribution in [0.4, 0.5) is 5.69 Å². The highest BCUT2D eigenvalue weighted by molar-refractivity contribution is 6.06. The van der Waals surface area contributed by atoms with Crippen molar-refractivity contribution in [3.8, 4) is 0 Å². The average Bonchev–Trinajstić information content (AvgIpc) is 2.95. The molecule has 0 aliphatic rings. The Morgan fingerprint density at radius 2 is 1.91 bits per heavy atom. The summed E-state index contributed by atoms with van der Waals surface area (Å²) < 4.78 is 10.7. The number of hydrogen-bond donors (Lipinski definition) is 3. The molecule has 6 heteroatoms. The number of fused-ring (bicyclic) bond motifs is 3. The van der Waals surface area contributed by atoms with Crippen molar-refractivity contribution < 1.29 is 9.47 Å². The molecule has 0 saturated heterocycles. The Kier molecular flexibility index (Phi) is 5.42. The Hall–Kier alpha value is -2.15. The maximum atomic E-state index is 5.50. The molecule has 0 bridgehead atoms. The monoisotopic (exact) mass is 314 g/mol. The number of aromatic nitrogens is 2. The van der Waals surface area contributed by atoms with Gasteiger partial charge in [0.25, 0.3) is 0 Å². The van der Waals surface area contributed by atoms with Gasteiger partial charge >= 0.3 is 0 Å². The van der Waals surface area contributed by atoms with Crippen molar-refractivity contribution in [2.45, 2.75) is 0 Å². The Bertz CT molecular complexity index is 757. The Labute approximate surface area is 135 Å². The van der Waals surface area contributed by atoms with Crippen molar-refractivity contribution in [2.24, 2.45) is 5.73 Å². The molecule has 0 aliphatic heterocycles. The van der Waals surface area contributed by atoms with E-state index < -0.39 is 0 Å². The van der Waals surface area contributed by atoms with E-state index >= 15 is 0 Å². The number of nitrogens with one attached hydrogen (secondary N) is 2. The maximum absolute atomic E-state index is 5.50. The molecule has 0 fully saturated rings. The molecule has 23 heavy (non-hydrogen) atoms. The third kappa shape index (κ3) is 3.98. The molecular weight excluding hydrogens is 292 g/mol. The van der Waals surface area contributed by atoms with Crippen LogP contribution >= 0.6 is 0 Å². The molecule has 3 aromatic rings. The average molecular weight is 314 g/mol. The first kappa shape index (κ1) is 15.7. The molecule has 0 spiro atoms. The van der Waals surface area contributed by atoms with Crippen LogP contribution < -0.4 is 11.1 Å². The molecule has 2 aromatic heterocycles. The van der Waals surface area contributed by atoms with E-state index in [0.29, 0.717) is 33.0 Å². The van der Waals surface area contributed by atoms with Crippen molar-refractivity contribution in [2.75, 3.05) is 44.8 Å². The van der Waals surface area contributed by atoms with Crippen molar-refractivity contribution in [1.29, 1.82) is 0 Å². The predicted octanol–water partition coefficient (Wildman–Crippen LogP) is 2.12. The van der Waals surface area contributed by atoms with Gasteiger partial charge in [-0.15, -0.1) is 0 Å². The molecule has 0 radical (unpaired) electrons. The summed E-state index contributed by atoms with van der Waals surface area (Å²) in [6, 6.07) is 10.3. The van der Waals surface area contributed by atoms with Gasteiger partial charge in [-0.1, -0.05) is 0 Å². The highest BCUT2D eigenvalue weighted by atomic mass is 16.5. The zero-order valence-electron chi connectivity index (χ0n) is 13.0. The van der Waals surface area contributed by atoms with Gasteiger partial charge < -0.3 is 25.5 Å². The van der Waals surface area contributed by atoms with E-state index in [0.717, 1.165) is 28.8 Å². The number of hydrogen-bond acceptors (Lipinski definition) is 5. The minimum atomic E-state index is 0.549. The zero-order chi connectivity index (χ0) is 15.9. The van der Waals surface area contributed by atoms with Crippen LogP contribution in [0.5, 0.6) is 0 Å². The molecule has 1 aromatic carbocycles. The highest BCUT2D eigenvalue weighted by Crippen LogP contribution is 2.26. The van der Waals surface area contributed by atoms with Crippen LogP contribution in [0.15, 0.2) is 36.5 Å². The van der Waals surface area contributed by atoms with E-state index in [2.05, 4.69) is 39.6 Å². The van der Waals surface area contributed by atoms with E-state index in [9.17, 15) is 0 Å². The first-order valence-electron chi connectivity index (χ1n) is 7.84. The fourth-order valence-electron chi connectivity index (χ4n) is 2.51. The second kappa shape index (κ2) is 7.92. The van der Waals surface area contributed by atoms with Crippen molar-refractivity contribution in [1.82, 2.24) is 9.97 Å². The maximum Gasteiger partial charge on any atom is 0.138 e. The van der Waals surface area contributed by atoms with Crippen LogP contribution in [0.1, 0.15) is 0 Å². The van der Waals surface area contributed by atoms with E-state index in [4.69, 9.17) is 15.2 Å². The summed E-state index contributed by atoms with van der Waals surface area (Å²) in [7, 11) is 0. The first-order valence-corrected chi connectivity index (χ1v) is 7.84. The van der Waals surface area contributed by atoms with Crippen molar-refractivity contribution in [3.05, 3.63) is 36.5 Å². The summed E-state index contributed by atoms with van der Waals surface area (Å²) >= 11 is 0. The van der Waals surface area contributed by atoms with Crippen LogP contribution in [-0.4, -0.2) is 49.5 Å². The van der Waals surface area contributed by atoms with Crippen LogP contribution in [0.2, 0.25) is 0 Å². The standard InChI is InChI=1S/C17H22N4O2/c18-5-8-22-10-11-23-9-7-19-13-3-4-16-15(12-13)14-2-1-6-20-17(14)21-16/h1-4,6,12,19H,5,7-11,18H2,(H,20,21). The largest absolute Gasteiger partial charge is 0.383 e. The summed E-state index contributed by atoms with van der Waals surface area (Å²) in [5, 5.41) is 5.69. The van der Waals surface area contributed by atoms with Gasteiger partial charge in [0, 0.05) is 41.3 Å². The van der Waals surface area contributed by atoms with E-state index in [-0.39, 0.29) is 0 Å². The SMILES string of the molecule is NCCOCCOCCNc1ccc2[nH]c3ncccc3c2c1. The number of benzene rings is 1. The molecule has 3 rings (SSSR count). The normalized spacial score (nSPS) is 11.3. The lowest BCUT2D eigenvalue weighted by molar-refractivity contribution is 0.0548. The molecule has 0 unspecified atom stereocenters. The molecular formula is C17H22N4O2. The van der Waals surface area contributed by atoms with Gasteiger partial charge in [0.1, 0.15) is 5.65 Å². The quantitative estimate of drug-likeness (QED) is 0.527. The molecule has 6 nitrogen and oxygen atoms in total. The van der Waals surface area contributed by atoms with Crippen molar-refractivity contribution in [3.63, 3.8) is 0 Å². The summed E-state index contributed by atoms with van der Waals surface area (Å²) in [6.45, 7) is 3.71. The number of pyridine rings is 1. The van der Waals surface area contributed by atoms with Gasteiger partial charge in [-0.05, 0) is 30.3 Å². The lowest BCUT2D eigenvalue weighted by Gasteiger charge is -2.08. The Morgan fingerprint density at radius 1 is 1.04 bits per heavy atom. The molecule has 0 atom stereocenters. The third-order valence-electron chi connectivity index (χ3n) is 3.58. The smallest absolute Gasteiger partial charge is 0.138 e. The van der Waals surface area contributed by atoms with Gasteiger partial charge in [0.2, 0.25) is 0 Å². The van der Waals surface area contributed by atoms with E-state index in [1.807, 2.05) is 6.07 Å². The van der Waals surface area contributed by atoms with Crippen LogP contribution in [0.25, 0.3) is 21.9 Å². The van der Waals surface area contributed by atoms with E-state index in [1.165, 1.54) is 5.39 Å². The van der Waals surface area contributed by atoms with Crippen LogP contribution in [-0.2, 0) is 9.47 Å². The number of H-pyrrole nitrogens is 1. The fourth-order valence-corrected chi connectivity index (χ4v) is 2.51. The molecule has 4 N–H and O–H groups in total. The third-order valence-corrected chi connectivity index (χ3v) is 3.58. The molecule has 0 amide bonds. The predicted molar refractivity (Wildman–Crippen MR) is 92.8 cm³/mol. The minimum absolute atomic E-state index is 0.549. The molecule has 2 heterocycles. The number of nitrogens with two attached hydrogens (primary N) is 1. The van der Waals surface area contributed by atoms with Crippen molar-refractivity contribution >= 4 is 27.6 Å². The van der Waals surface area contributed by atoms with E-state index in [1.54, 1.807) is 6.20 Å². The summed E-state index contributed by atoms with van der Waals surface area (Å²) in [4.78, 5) is 7.67. The molecule has 122 valence electrons. The number of nitrogens with zero attached hydrogens (tertiary/aromatic N) is 1. The number of aromatic amines is 1.